The summed E-state index contributed by atoms with van der Waals surface area (Å²) < 4.78 is 18.1. The molecule has 0 aromatic heterocycles. The van der Waals surface area contributed by atoms with Gasteiger partial charge in [-0.15, -0.1) is 0 Å². The molecule has 222 valence electrons. The molecule has 2 aromatic carbocycles. The predicted octanol–water partition coefficient (Wildman–Crippen LogP) is 5.52. The van der Waals surface area contributed by atoms with Crippen LogP contribution in [-0.4, -0.2) is 53.2 Å². The van der Waals surface area contributed by atoms with Crippen LogP contribution in [0.1, 0.15) is 89.4 Å². The average Bonchev–Trinajstić information content (AvgIpc) is 3.15. The molecule has 1 aliphatic carbocycles. The summed E-state index contributed by atoms with van der Waals surface area (Å²) in [6, 6.07) is 15.9. The van der Waals surface area contributed by atoms with Crippen molar-refractivity contribution in [3.8, 4) is 0 Å². The van der Waals surface area contributed by atoms with Gasteiger partial charge in [-0.05, 0) is 60.3 Å². The van der Waals surface area contributed by atoms with Crippen LogP contribution in [-0.2, 0) is 30.4 Å². The number of hydrogen-bond donors (Lipinski definition) is 2. The molecular weight excluding hydrogens is 520 g/mol. The first kappa shape index (κ1) is 29.7. The lowest BCUT2D eigenvalue weighted by atomic mass is 9.65. The number of aliphatic hydroxyl groups excluding tert-OH is 1. The molecule has 2 aliphatic heterocycles. The number of carbonyl (C=O) groups excluding carboxylic acids is 2. The zero-order valence-corrected chi connectivity index (χ0v) is 24.9. The first-order valence-corrected chi connectivity index (χ1v) is 14.7. The molecule has 8 nitrogen and oxygen atoms in total. The summed E-state index contributed by atoms with van der Waals surface area (Å²) in [5.74, 6) is -0.892. The maximum Gasteiger partial charge on any atom is 0.303 e. The van der Waals surface area contributed by atoms with Gasteiger partial charge in [0.25, 0.3) is 5.91 Å². The van der Waals surface area contributed by atoms with Crippen molar-refractivity contribution in [1.29, 1.82) is 0 Å². The van der Waals surface area contributed by atoms with E-state index in [0.29, 0.717) is 22.6 Å². The van der Waals surface area contributed by atoms with Crippen LogP contribution in [0.3, 0.4) is 0 Å². The number of fused-ring (bicyclic) bond motifs is 2. The molecule has 0 radical (unpaired) electrons. The Bertz CT molecular complexity index is 1230. The molecule has 1 saturated carbocycles. The first-order valence-electron chi connectivity index (χ1n) is 14.7. The van der Waals surface area contributed by atoms with Crippen LogP contribution in [0.4, 0.5) is 5.69 Å². The van der Waals surface area contributed by atoms with E-state index in [1.807, 2.05) is 48.5 Å². The number of nitrogens with zero attached hydrogens (tertiary/aromatic N) is 1. The third-order valence-electron chi connectivity index (χ3n) is 8.74. The molecule has 6 atom stereocenters. The lowest BCUT2D eigenvalue weighted by molar-refractivity contribution is -0.253. The average molecular weight is 565 g/mol. The summed E-state index contributed by atoms with van der Waals surface area (Å²) in [6.07, 6.45) is 2.87. The van der Waals surface area contributed by atoms with Gasteiger partial charge in [-0.1, -0.05) is 57.2 Å². The number of rotatable bonds is 8. The van der Waals surface area contributed by atoms with E-state index in [2.05, 4.69) is 31.0 Å². The Balaban J connectivity index is 1.32. The molecule has 2 heterocycles. The number of anilines is 1. The normalized spacial score (nSPS) is 30.0. The monoisotopic (exact) mass is 564 g/mol. The summed E-state index contributed by atoms with van der Waals surface area (Å²) in [7, 11) is 0. The standard InChI is InChI=1S/C33H44N2O6/c1-21(39-22(2)37)30(38)34-26-12-10-25(11-13-26)31-40-28(14-29(41-31)24-8-6-23(18-36)7-9-24)17-35-20-33(5)16-27(35)15-32(3,4)19-33/h6-13,21,27-29,31,36H,14-20H2,1-5H3,(H,34,38)/t21-,27?,28+,29-,31-,33?/m0/s1. The largest absolute Gasteiger partial charge is 0.453 e. The molecule has 0 spiro atoms. The summed E-state index contributed by atoms with van der Waals surface area (Å²) in [4.78, 5) is 26.2. The van der Waals surface area contributed by atoms with Crippen molar-refractivity contribution in [2.45, 2.75) is 97.6 Å². The number of esters is 1. The van der Waals surface area contributed by atoms with Gasteiger partial charge in [0.2, 0.25) is 0 Å². The molecule has 2 unspecified atom stereocenters. The van der Waals surface area contributed by atoms with Gasteiger partial charge in [0.1, 0.15) is 0 Å². The SMILES string of the molecule is CC(=O)O[C@@H](C)C(=O)Nc1ccc([C@H]2O[C@@H](CN3CC4(C)CC3CC(C)(C)C4)C[C@@H](c3ccc(CO)cc3)O2)cc1. The smallest absolute Gasteiger partial charge is 0.303 e. The number of amides is 1. The molecule has 1 amide bonds. The second kappa shape index (κ2) is 11.8. The maximum atomic E-state index is 12.4. The molecule has 3 fully saturated rings. The van der Waals surface area contributed by atoms with Gasteiger partial charge < -0.3 is 24.6 Å². The second-order valence-electron chi connectivity index (χ2n) is 13.4. The number of likely N-dealkylation sites (tertiary alicyclic amines) is 1. The van der Waals surface area contributed by atoms with E-state index in [1.165, 1.54) is 33.1 Å². The first-order chi connectivity index (χ1) is 19.4. The van der Waals surface area contributed by atoms with Gasteiger partial charge in [0.05, 0.1) is 18.8 Å². The fourth-order valence-corrected chi connectivity index (χ4v) is 7.35. The van der Waals surface area contributed by atoms with Crippen LogP contribution in [0.5, 0.6) is 0 Å². The zero-order chi connectivity index (χ0) is 29.4. The Kier molecular flexibility index (Phi) is 8.58. The third-order valence-corrected chi connectivity index (χ3v) is 8.74. The van der Waals surface area contributed by atoms with Crippen molar-refractivity contribution < 1.29 is 28.9 Å². The van der Waals surface area contributed by atoms with Crippen molar-refractivity contribution >= 4 is 17.6 Å². The molecule has 5 rings (SSSR count). The van der Waals surface area contributed by atoms with Gasteiger partial charge in [-0.25, -0.2) is 0 Å². The molecule has 2 aromatic rings. The highest BCUT2D eigenvalue weighted by Crippen LogP contribution is 2.53. The minimum absolute atomic E-state index is 0.00807. The van der Waals surface area contributed by atoms with E-state index >= 15 is 0 Å². The van der Waals surface area contributed by atoms with Crippen molar-refractivity contribution in [2.24, 2.45) is 10.8 Å². The fraction of sp³-hybridized carbons (Fsp3) is 0.576. The number of aliphatic hydroxyl groups is 1. The van der Waals surface area contributed by atoms with Gasteiger partial charge in [0, 0.05) is 43.7 Å². The molecular formula is C33H44N2O6. The van der Waals surface area contributed by atoms with Gasteiger partial charge in [0.15, 0.2) is 12.4 Å². The Morgan fingerprint density at radius 2 is 1.73 bits per heavy atom. The maximum absolute atomic E-state index is 12.4. The Morgan fingerprint density at radius 1 is 1.05 bits per heavy atom. The molecule has 41 heavy (non-hydrogen) atoms. The van der Waals surface area contributed by atoms with Gasteiger partial charge in [-0.3, -0.25) is 14.5 Å². The number of nitrogens with one attached hydrogen (secondary N) is 1. The van der Waals surface area contributed by atoms with E-state index in [9.17, 15) is 14.7 Å². The number of carbonyl (C=O) groups is 2. The van der Waals surface area contributed by atoms with Crippen LogP contribution in [0.15, 0.2) is 48.5 Å². The summed E-state index contributed by atoms with van der Waals surface area (Å²) >= 11 is 0. The minimum Gasteiger partial charge on any atom is -0.453 e. The van der Waals surface area contributed by atoms with Gasteiger partial charge in [-0.2, -0.15) is 0 Å². The lowest BCUT2D eigenvalue weighted by Gasteiger charge is -2.41. The van der Waals surface area contributed by atoms with Crippen molar-refractivity contribution in [1.82, 2.24) is 4.90 Å². The summed E-state index contributed by atoms with van der Waals surface area (Å²) in [5, 5.41) is 12.3. The minimum atomic E-state index is -0.881. The summed E-state index contributed by atoms with van der Waals surface area (Å²) in [6.45, 7) is 12.0. The Morgan fingerprint density at radius 3 is 2.39 bits per heavy atom. The number of hydrogen-bond acceptors (Lipinski definition) is 7. The topological polar surface area (TPSA) is 97.3 Å². The molecule has 2 bridgehead atoms. The second-order valence-corrected chi connectivity index (χ2v) is 13.4. The highest BCUT2D eigenvalue weighted by Gasteiger charge is 2.50. The van der Waals surface area contributed by atoms with E-state index in [-0.39, 0.29) is 18.8 Å². The molecule has 2 N–H and O–H groups in total. The van der Waals surface area contributed by atoms with E-state index in [1.54, 1.807) is 0 Å². The van der Waals surface area contributed by atoms with Crippen LogP contribution in [0.25, 0.3) is 0 Å². The van der Waals surface area contributed by atoms with Crippen molar-refractivity contribution in [3.63, 3.8) is 0 Å². The third kappa shape index (κ3) is 7.17. The van der Waals surface area contributed by atoms with Crippen molar-refractivity contribution in [2.75, 3.05) is 18.4 Å². The van der Waals surface area contributed by atoms with E-state index in [0.717, 1.165) is 36.2 Å². The van der Waals surface area contributed by atoms with Gasteiger partial charge >= 0.3 is 5.97 Å². The lowest BCUT2D eigenvalue weighted by Crippen LogP contribution is -2.42. The fourth-order valence-electron chi connectivity index (χ4n) is 7.35. The summed E-state index contributed by atoms with van der Waals surface area (Å²) in [5.41, 5.74) is 4.11. The van der Waals surface area contributed by atoms with E-state index in [4.69, 9.17) is 14.2 Å². The van der Waals surface area contributed by atoms with Crippen LogP contribution < -0.4 is 5.32 Å². The highest BCUT2D eigenvalue weighted by molar-refractivity contribution is 5.94. The predicted molar refractivity (Wildman–Crippen MR) is 156 cm³/mol. The number of benzene rings is 2. The number of ether oxygens (including phenoxy) is 3. The van der Waals surface area contributed by atoms with Crippen LogP contribution >= 0.6 is 0 Å². The molecule has 2 saturated heterocycles. The van der Waals surface area contributed by atoms with Crippen molar-refractivity contribution in [3.05, 3.63) is 65.2 Å². The Labute approximate surface area is 243 Å². The zero-order valence-electron chi connectivity index (χ0n) is 24.9. The molecule has 3 aliphatic rings. The van der Waals surface area contributed by atoms with Crippen LogP contribution in [0, 0.1) is 10.8 Å². The van der Waals surface area contributed by atoms with Crippen LogP contribution in [0.2, 0.25) is 0 Å². The molecule has 8 heteroatoms. The van der Waals surface area contributed by atoms with E-state index < -0.39 is 24.3 Å². The quantitative estimate of drug-likeness (QED) is 0.408. The highest BCUT2D eigenvalue weighted by atomic mass is 16.7. The Hall–Kier alpha value is -2.78.